The topological polar surface area (TPSA) is 30.2 Å². The van der Waals surface area contributed by atoms with Crippen molar-refractivity contribution in [2.45, 2.75) is 6.92 Å². The molecule has 106 valence electrons. The Hall–Kier alpha value is -1.91. The van der Waals surface area contributed by atoms with Gasteiger partial charge in [-0.15, -0.1) is 0 Å². The van der Waals surface area contributed by atoms with E-state index in [1.54, 1.807) is 0 Å². The minimum Gasteiger partial charge on any atom is -0.256 e. The number of aromatic nitrogens is 2. The normalized spacial score (nSPS) is 11.8. The zero-order chi connectivity index (χ0) is 14.7. The maximum absolute atomic E-state index is 5.97. The van der Waals surface area contributed by atoms with Crippen LogP contribution in [0.25, 0.3) is 17.1 Å². The second kappa shape index (κ2) is 6.24. The van der Waals surface area contributed by atoms with E-state index in [0.717, 1.165) is 33.4 Å². The van der Waals surface area contributed by atoms with Crippen molar-refractivity contribution in [3.8, 4) is 17.1 Å². The van der Waals surface area contributed by atoms with Gasteiger partial charge in [0.25, 0.3) is 0 Å². The first-order chi connectivity index (χ1) is 10.3. The molecule has 5 heteroatoms. The average Bonchev–Trinajstić information content (AvgIpc) is 2.93. The van der Waals surface area contributed by atoms with E-state index in [9.17, 15) is 0 Å². The highest BCUT2D eigenvalue weighted by molar-refractivity contribution is 7.04. The van der Waals surface area contributed by atoms with E-state index in [-0.39, 0.29) is 0 Å². The molecule has 0 saturated heterocycles. The van der Waals surface area contributed by atoms with E-state index in [2.05, 4.69) is 26.1 Å². The summed E-state index contributed by atoms with van der Waals surface area (Å²) in [5, 5.41) is 0.726. The first-order valence-corrected chi connectivity index (χ1v) is 7.85. The summed E-state index contributed by atoms with van der Waals surface area (Å²) in [5.41, 5.74) is 2.11. The van der Waals surface area contributed by atoms with Gasteiger partial charge in [0, 0.05) is 17.1 Å². The molecule has 0 radical (unpaired) electrons. The van der Waals surface area contributed by atoms with Crippen LogP contribution in [0.2, 0.25) is 5.02 Å². The van der Waals surface area contributed by atoms with Crippen molar-refractivity contribution in [2.75, 3.05) is 6.54 Å². The summed E-state index contributed by atoms with van der Waals surface area (Å²) in [6, 6.07) is 17.9. The molecule has 0 N–H and O–H groups in total. The summed E-state index contributed by atoms with van der Waals surface area (Å²) in [4.78, 5) is 9.85. The zero-order valence-electron chi connectivity index (χ0n) is 11.5. The predicted molar refractivity (Wildman–Crippen MR) is 88.0 cm³/mol. The monoisotopic (exact) mass is 315 g/mol. The van der Waals surface area contributed by atoms with Crippen LogP contribution in [0.5, 0.6) is 0 Å². The van der Waals surface area contributed by atoms with Gasteiger partial charge in [0.2, 0.25) is 4.80 Å². The molecular weight excluding hydrogens is 302 g/mol. The third kappa shape index (κ3) is 3.06. The van der Waals surface area contributed by atoms with Crippen LogP contribution in [-0.4, -0.2) is 15.5 Å². The lowest BCUT2D eigenvalue weighted by Gasteiger charge is -2.06. The summed E-state index contributed by atoms with van der Waals surface area (Å²) in [6.07, 6.45) is 0. The number of nitrogens with zero attached hydrogens (tertiary/aromatic N) is 3. The minimum atomic E-state index is 0.725. The van der Waals surface area contributed by atoms with Gasteiger partial charge in [-0.2, -0.15) is 4.98 Å². The second-order valence-corrected chi connectivity index (χ2v) is 5.77. The first kappa shape index (κ1) is 14.0. The fourth-order valence-corrected chi connectivity index (χ4v) is 3.06. The molecule has 3 rings (SSSR count). The van der Waals surface area contributed by atoms with Crippen LogP contribution < -0.4 is 4.80 Å². The van der Waals surface area contributed by atoms with Crippen molar-refractivity contribution >= 4 is 23.1 Å². The van der Waals surface area contributed by atoms with Crippen LogP contribution in [0, 0.1) is 0 Å². The highest BCUT2D eigenvalue weighted by Crippen LogP contribution is 2.23. The van der Waals surface area contributed by atoms with Crippen LogP contribution >= 0.6 is 23.1 Å². The smallest absolute Gasteiger partial charge is 0.223 e. The molecular formula is C16H14ClN3S. The van der Waals surface area contributed by atoms with Gasteiger partial charge in [-0.05, 0) is 42.7 Å². The molecule has 3 aromatic rings. The Balaban J connectivity index is 2.19. The van der Waals surface area contributed by atoms with E-state index in [1.807, 2.05) is 49.4 Å². The largest absolute Gasteiger partial charge is 0.256 e. The summed E-state index contributed by atoms with van der Waals surface area (Å²) < 4.78 is 2.08. The molecule has 0 fully saturated rings. The lowest BCUT2D eigenvalue weighted by molar-refractivity contribution is 1.03. The molecule has 3 nitrogen and oxygen atoms in total. The van der Waals surface area contributed by atoms with Crippen LogP contribution in [0.1, 0.15) is 6.92 Å². The Morgan fingerprint density at radius 2 is 1.81 bits per heavy atom. The number of hydrogen-bond acceptors (Lipinski definition) is 3. The maximum Gasteiger partial charge on any atom is 0.223 e. The van der Waals surface area contributed by atoms with Crippen molar-refractivity contribution < 1.29 is 0 Å². The van der Waals surface area contributed by atoms with Crippen molar-refractivity contribution in [3.05, 3.63) is 64.4 Å². The van der Waals surface area contributed by atoms with Crippen molar-refractivity contribution in [3.63, 3.8) is 0 Å². The average molecular weight is 316 g/mol. The Kier molecular flexibility index (Phi) is 4.18. The van der Waals surface area contributed by atoms with Gasteiger partial charge in [-0.3, -0.25) is 4.99 Å². The van der Waals surface area contributed by atoms with Gasteiger partial charge in [0.1, 0.15) is 0 Å². The summed E-state index contributed by atoms with van der Waals surface area (Å²) >= 11 is 7.50. The molecule has 0 amide bonds. The number of halogens is 1. The van der Waals surface area contributed by atoms with Crippen molar-refractivity contribution in [1.82, 2.24) is 8.94 Å². The van der Waals surface area contributed by atoms with E-state index < -0.39 is 0 Å². The maximum atomic E-state index is 5.97. The molecule has 1 heterocycles. The van der Waals surface area contributed by atoms with E-state index >= 15 is 0 Å². The molecule has 0 unspecified atom stereocenters. The van der Waals surface area contributed by atoms with E-state index in [0.29, 0.717) is 0 Å². The minimum absolute atomic E-state index is 0.725. The molecule has 0 aliphatic rings. The van der Waals surface area contributed by atoms with Gasteiger partial charge < -0.3 is 0 Å². The molecule has 0 saturated carbocycles. The van der Waals surface area contributed by atoms with Gasteiger partial charge in [0.15, 0.2) is 5.82 Å². The Bertz CT molecular complexity index is 788. The quantitative estimate of drug-likeness (QED) is 0.713. The second-order valence-electron chi connectivity index (χ2n) is 4.42. The Morgan fingerprint density at radius 1 is 1.10 bits per heavy atom. The molecule has 1 aromatic heterocycles. The summed E-state index contributed by atoms with van der Waals surface area (Å²) in [6.45, 7) is 2.73. The number of benzene rings is 2. The highest BCUT2D eigenvalue weighted by atomic mass is 35.5. The molecule has 21 heavy (non-hydrogen) atoms. The van der Waals surface area contributed by atoms with Gasteiger partial charge in [-0.1, -0.05) is 41.9 Å². The fourth-order valence-electron chi connectivity index (χ4n) is 2.00. The predicted octanol–water partition coefficient (Wildman–Crippen LogP) is 4.17. The number of rotatable bonds is 3. The van der Waals surface area contributed by atoms with Crippen LogP contribution in [-0.2, 0) is 0 Å². The molecule has 0 spiro atoms. The molecule has 2 aromatic carbocycles. The standard InChI is InChI=1S/C16H14ClN3S/c1-2-18-16-19-15(12-6-4-3-5-7-12)20(21-16)14-10-8-13(17)9-11-14/h3-11H,2H2,1H3. The first-order valence-electron chi connectivity index (χ1n) is 6.70. The third-order valence-electron chi connectivity index (χ3n) is 2.95. The highest BCUT2D eigenvalue weighted by Gasteiger charge is 2.10. The van der Waals surface area contributed by atoms with E-state index in [4.69, 9.17) is 11.6 Å². The number of hydrogen-bond donors (Lipinski definition) is 0. The zero-order valence-corrected chi connectivity index (χ0v) is 13.1. The van der Waals surface area contributed by atoms with Crippen LogP contribution in [0.15, 0.2) is 59.6 Å². The van der Waals surface area contributed by atoms with E-state index in [1.165, 1.54) is 11.5 Å². The Morgan fingerprint density at radius 3 is 2.48 bits per heavy atom. The molecule has 0 aliphatic heterocycles. The molecule has 0 aliphatic carbocycles. The lowest BCUT2D eigenvalue weighted by Crippen LogP contribution is -1.98. The van der Waals surface area contributed by atoms with Crippen LogP contribution in [0.3, 0.4) is 0 Å². The molecule has 0 bridgehead atoms. The fraction of sp³-hybridized carbons (Fsp3) is 0.125. The lowest BCUT2D eigenvalue weighted by atomic mass is 10.2. The SMILES string of the molecule is CCN=c1nc(-c2ccccc2)n(-c2ccc(Cl)cc2)s1. The van der Waals surface area contributed by atoms with Crippen LogP contribution in [0.4, 0.5) is 0 Å². The third-order valence-corrected chi connectivity index (χ3v) is 4.16. The summed E-state index contributed by atoms with van der Waals surface area (Å²) in [5.74, 6) is 0.898. The van der Waals surface area contributed by atoms with Gasteiger partial charge in [-0.25, -0.2) is 3.96 Å². The summed E-state index contributed by atoms with van der Waals surface area (Å²) in [7, 11) is 0. The van der Waals surface area contributed by atoms with Gasteiger partial charge >= 0.3 is 0 Å². The van der Waals surface area contributed by atoms with Crippen molar-refractivity contribution in [1.29, 1.82) is 0 Å². The molecule has 0 atom stereocenters. The Labute approximate surface area is 132 Å². The van der Waals surface area contributed by atoms with Gasteiger partial charge in [0.05, 0.1) is 5.69 Å². The van der Waals surface area contributed by atoms with Crippen molar-refractivity contribution in [2.24, 2.45) is 4.99 Å².